The maximum atomic E-state index is 13.6. The molecule has 1 atom stereocenters. The molecule has 1 heterocycles. The quantitative estimate of drug-likeness (QED) is 0.330. The van der Waals surface area contributed by atoms with E-state index in [4.69, 9.17) is 45.3 Å². The van der Waals surface area contributed by atoms with Crippen molar-refractivity contribution in [2.24, 2.45) is 5.73 Å². The minimum Gasteiger partial charge on any atom is -0.487 e. The lowest BCUT2D eigenvalue weighted by Crippen LogP contribution is -2.39. The number of aryl methyl sites for hydroxylation is 2. The molecule has 198 valence electrons. The fourth-order valence-corrected chi connectivity index (χ4v) is 6.01. The van der Waals surface area contributed by atoms with Crippen LogP contribution in [0.1, 0.15) is 47.4 Å². The van der Waals surface area contributed by atoms with Gasteiger partial charge >= 0.3 is 0 Å². The summed E-state index contributed by atoms with van der Waals surface area (Å²) in [5, 5.41) is 11.6. The molecular weight excluding hydrogens is 553 g/mol. The summed E-state index contributed by atoms with van der Waals surface area (Å²) in [6.45, 7) is 4.28. The lowest BCUT2D eigenvalue weighted by molar-refractivity contribution is -0.116. The maximum absolute atomic E-state index is 13.6. The van der Waals surface area contributed by atoms with Crippen LogP contribution in [0.4, 0.5) is 5.69 Å². The third-order valence-electron chi connectivity index (χ3n) is 7.34. The number of hydrogen-bond donors (Lipinski definition) is 1. The maximum Gasteiger partial charge on any atom is 0.161 e. The summed E-state index contributed by atoms with van der Waals surface area (Å²) in [5.74, 6) is 0.223. The van der Waals surface area contributed by atoms with Crippen LogP contribution in [-0.4, -0.2) is 5.78 Å². The number of para-hydroxylation sites is 1. The number of hydrogen-bond acceptors (Lipinski definition) is 5. The van der Waals surface area contributed by atoms with Crippen molar-refractivity contribution in [3.05, 3.63) is 115 Å². The Labute approximate surface area is 243 Å². The van der Waals surface area contributed by atoms with Gasteiger partial charge in [-0.05, 0) is 73.2 Å². The second-order valence-electron chi connectivity index (χ2n) is 9.74. The number of anilines is 1. The molecule has 3 aromatic rings. The average Bonchev–Trinajstić information content (AvgIpc) is 2.91. The number of ether oxygens (including phenoxy) is 1. The second-order valence-corrected chi connectivity index (χ2v) is 10.9. The molecule has 1 unspecified atom stereocenters. The van der Waals surface area contributed by atoms with Gasteiger partial charge in [-0.1, -0.05) is 65.1 Å². The van der Waals surface area contributed by atoms with Crippen LogP contribution in [0.5, 0.6) is 5.75 Å². The Kier molecular flexibility index (Phi) is 7.64. The van der Waals surface area contributed by atoms with Gasteiger partial charge < -0.3 is 10.5 Å². The average molecular weight is 579 g/mol. The summed E-state index contributed by atoms with van der Waals surface area (Å²) in [6.07, 6.45) is 1.70. The Morgan fingerprint density at radius 1 is 1.03 bits per heavy atom. The summed E-state index contributed by atoms with van der Waals surface area (Å²) in [4.78, 5) is 15.3. The Bertz CT molecular complexity index is 1600. The van der Waals surface area contributed by atoms with Crippen molar-refractivity contribution in [3.63, 3.8) is 0 Å². The van der Waals surface area contributed by atoms with Gasteiger partial charge in [-0.2, -0.15) is 5.26 Å². The molecule has 5 nitrogen and oxygen atoms in total. The molecule has 5 rings (SSSR count). The van der Waals surface area contributed by atoms with Gasteiger partial charge in [0.1, 0.15) is 18.2 Å². The zero-order valence-corrected chi connectivity index (χ0v) is 23.8. The minimum absolute atomic E-state index is 0.00140. The molecule has 0 spiro atoms. The van der Waals surface area contributed by atoms with Crippen LogP contribution >= 0.6 is 34.8 Å². The van der Waals surface area contributed by atoms with Crippen LogP contribution < -0.4 is 15.4 Å². The number of nitriles is 1. The molecule has 0 saturated heterocycles. The van der Waals surface area contributed by atoms with E-state index in [9.17, 15) is 10.1 Å². The fraction of sp³-hybridized carbons (Fsp3) is 0.226. The highest BCUT2D eigenvalue weighted by Gasteiger charge is 2.41. The van der Waals surface area contributed by atoms with Crippen molar-refractivity contribution in [3.8, 4) is 11.8 Å². The van der Waals surface area contributed by atoms with E-state index in [0.717, 1.165) is 28.0 Å². The molecule has 0 fully saturated rings. The van der Waals surface area contributed by atoms with Crippen molar-refractivity contribution in [1.82, 2.24) is 0 Å². The summed E-state index contributed by atoms with van der Waals surface area (Å²) in [6, 6.07) is 19.0. The number of allylic oxidation sites excluding steroid dienone is 3. The van der Waals surface area contributed by atoms with E-state index in [0.29, 0.717) is 56.9 Å². The van der Waals surface area contributed by atoms with Gasteiger partial charge in [-0.15, -0.1) is 0 Å². The van der Waals surface area contributed by atoms with E-state index in [2.05, 4.69) is 12.1 Å². The SMILES string of the molecule is Cc1cc(C)c(C2C(C#N)=C(N)N(c3cccc(Cl)c3Cl)C3=C2C(=O)CCC3)cc1COc1ccccc1Cl. The molecule has 0 aromatic heterocycles. The van der Waals surface area contributed by atoms with Crippen LogP contribution in [0.2, 0.25) is 15.1 Å². The van der Waals surface area contributed by atoms with Crippen LogP contribution in [-0.2, 0) is 11.4 Å². The summed E-state index contributed by atoms with van der Waals surface area (Å²) in [7, 11) is 0. The van der Waals surface area contributed by atoms with E-state index < -0.39 is 5.92 Å². The summed E-state index contributed by atoms with van der Waals surface area (Å²) >= 11 is 19.2. The number of nitrogens with two attached hydrogens (primary N) is 1. The topological polar surface area (TPSA) is 79.4 Å². The third-order valence-corrected chi connectivity index (χ3v) is 8.46. The monoisotopic (exact) mass is 577 g/mol. The van der Waals surface area contributed by atoms with E-state index in [1.165, 1.54) is 0 Å². The Morgan fingerprint density at radius 2 is 1.77 bits per heavy atom. The number of carbonyl (C=O) groups excluding carboxylic acids is 1. The van der Waals surface area contributed by atoms with Crippen LogP contribution in [0.25, 0.3) is 0 Å². The number of Topliss-reactive ketones (excluding diaryl/α,β-unsaturated/α-hetero) is 1. The van der Waals surface area contributed by atoms with Gasteiger partial charge in [0, 0.05) is 17.7 Å². The molecule has 0 radical (unpaired) electrons. The van der Waals surface area contributed by atoms with Crippen molar-refractivity contribution in [2.75, 3.05) is 4.90 Å². The smallest absolute Gasteiger partial charge is 0.161 e. The fourth-order valence-electron chi connectivity index (χ4n) is 5.44. The Balaban J connectivity index is 1.66. The lowest BCUT2D eigenvalue weighted by atomic mass is 9.74. The van der Waals surface area contributed by atoms with Gasteiger partial charge in [0.15, 0.2) is 5.78 Å². The molecular formula is C31H26Cl3N3O2. The number of carbonyl (C=O) groups is 1. The Morgan fingerprint density at radius 3 is 2.51 bits per heavy atom. The van der Waals surface area contributed by atoms with Gasteiger partial charge in [0.2, 0.25) is 0 Å². The van der Waals surface area contributed by atoms with Crippen molar-refractivity contribution >= 4 is 46.3 Å². The largest absolute Gasteiger partial charge is 0.487 e. The number of benzene rings is 3. The molecule has 0 bridgehead atoms. The molecule has 39 heavy (non-hydrogen) atoms. The molecule has 0 amide bonds. The molecule has 8 heteroatoms. The van der Waals surface area contributed by atoms with E-state index in [1.807, 2.05) is 38.1 Å². The first-order valence-corrected chi connectivity index (χ1v) is 13.7. The summed E-state index contributed by atoms with van der Waals surface area (Å²) in [5.41, 5.74) is 12.7. The van der Waals surface area contributed by atoms with Crippen molar-refractivity contribution in [2.45, 2.75) is 45.6 Å². The highest BCUT2D eigenvalue weighted by molar-refractivity contribution is 6.43. The van der Waals surface area contributed by atoms with Crippen LogP contribution in [0.3, 0.4) is 0 Å². The predicted octanol–water partition coefficient (Wildman–Crippen LogP) is 8.15. The number of halogens is 3. The van der Waals surface area contributed by atoms with Crippen LogP contribution in [0.15, 0.2) is 77.3 Å². The first-order chi connectivity index (χ1) is 18.7. The first-order valence-electron chi connectivity index (χ1n) is 12.6. The molecule has 0 saturated carbocycles. The number of ketones is 1. The normalized spacial score (nSPS) is 17.3. The van der Waals surface area contributed by atoms with E-state index in [1.54, 1.807) is 29.2 Å². The van der Waals surface area contributed by atoms with E-state index >= 15 is 0 Å². The molecule has 2 N–H and O–H groups in total. The highest BCUT2D eigenvalue weighted by Crippen LogP contribution is 2.49. The first kappa shape index (κ1) is 27.1. The lowest BCUT2D eigenvalue weighted by Gasteiger charge is -2.40. The number of rotatable bonds is 5. The Hall–Kier alpha value is -3.43. The summed E-state index contributed by atoms with van der Waals surface area (Å²) < 4.78 is 6.04. The third kappa shape index (κ3) is 4.89. The zero-order valence-electron chi connectivity index (χ0n) is 21.5. The van der Waals surface area contributed by atoms with Gasteiger partial charge in [0.25, 0.3) is 0 Å². The second kappa shape index (κ2) is 11.0. The molecule has 2 aliphatic rings. The number of nitrogens with zero attached hydrogens (tertiary/aromatic N) is 2. The van der Waals surface area contributed by atoms with Gasteiger partial charge in [0.05, 0.1) is 38.3 Å². The zero-order chi connectivity index (χ0) is 27.8. The minimum atomic E-state index is -0.605. The van der Waals surface area contributed by atoms with Crippen LogP contribution in [0, 0.1) is 25.2 Å². The molecule has 1 aliphatic carbocycles. The van der Waals surface area contributed by atoms with Gasteiger partial charge in [-0.25, -0.2) is 0 Å². The molecule has 3 aromatic carbocycles. The highest BCUT2D eigenvalue weighted by atomic mass is 35.5. The van der Waals surface area contributed by atoms with Gasteiger partial charge in [-0.3, -0.25) is 9.69 Å². The predicted molar refractivity (Wildman–Crippen MR) is 156 cm³/mol. The standard InChI is InChI=1S/C31H26Cl3N3O2/c1-17-13-18(2)20(14-19(17)16-39-27-12-4-3-7-22(27)32)28-21(15-35)31(36)37(24-9-6-11-26(38)29(24)28)25-10-5-8-23(33)30(25)34/h3-5,7-8,10,12-14,28H,6,9,11,16,36H2,1-2H3. The van der Waals surface area contributed by atoms with Crippen molar-refractivity contribution < 1.29 is 9.53 Å². The van der Waals surface area contributed by atoms with Crippen molar-refractivity contribution in [1.29, 1.82) is 5.26 Å². The van der Waals surface area contributed by atoms with E-state index in [-0.39, 0.29) is 18.2 Å². The molecule has 1 aliphatic heterocycles.